The maximum atomic E-state index is 12.3. The predicted octanol–water partition coefficient (Wildman–Crippen LogP) is 4.02. The Bertz CT molecular complexity index is 777. The van der Waals surface area contributed by atoms with Crippen molar-refractivity contribution in [1.82, 2.24) is 4.98 Å². The van der Waals surface area contributed by atoms with Crippen LogP contribution in [0.3, 0.4) is 0 Å². The summed E-state index contributed by atoms with van der Waals surface area (Å²) in [6.07, 6.45) is 1.60. The number of rotatable bonds is 2. The van der Waals surface area contributed by atoms with Gasteiger partial charge in [-0.1, -0.05) is 17.7 Å². The van der Waals surface area contributed by atoms with Gasteiger partial charge in [0.1, 0.15) is 11.3 Å². The summed E-state index contributed by atoms with van der Waals surface area (Å²) in [6, 6.07) is 10.6. The van der Waals surface area contributed by atoms with Gasteiger partial charge in [0.05, 0.1) is 0 Å². The summed E-state index contributed by atoms with van der Waals surface area (Å²) in [7, 11) is 0. The molecule has 0 fully saturated rings. The highest BCUT2D eigenvalue weighted by atomic mass is 35.5. The standard InChI is InChI=1S/C15H10ClNO2/c1-9-3-2-6-17-14(9)15(18)13-8-10-7-11(16)4-5-12(10)19-13/h2-8H,1H3. The molecule has 3 nitrogen and oxygen atoms in total. The van der Waals surface area contributed by atoms with Gasteiger partial charge in [0.2, 0.25) is 5.78 Å². The summed E-state index contributed by atoms with van der Waals surface area (Å²) >= 11 is 5.91. The number of carbonyl (C=O) groups is 1. The molecule has 0 atom stereocenters. The lowest BCUT2D eigenvalue weighted by atomic mass is 10.1. The minimum Gasteiger partial charge on any atom is -0.453 e. The minimum absolute atomic E-state index is 0.217. The van der Waals surface area contributed by atoms with E-state index in [-0.39, 0.29) is 11.5 Å². The number of nitrogens with zero attached hydrogens (tertiary/aromatic N) is 1. The summed E-state index contributed by atoms with van der Waals surface area (Å²) in [5.74, 6) is 0.0597. The van der Waals surface area contributed by atoms with E-state index in [1.807, 2.05) is 13.0 Å². The number of aryl methyl sites for hydroxylation is 1. The average Bonchev–Trinajstić information content (AvgIpc) is 2.81. The zero-order valence-electron chi connectivity index (χ0n) is 10.2. The third kappa shape index (κ3) is 2.13. The first-order valence-electron chi connectivity index (χ1n) is 5.80. The monoisotopic (exact) mass is 271 g/mol. The van der Waals surface area contributed by atoms with Crippen molar-refractivity contribution >= 4 is 28.4 Å². The van der Waals surface area contributed by atoms with Gasteiger partial charge >= 0.3 is 0 Å². The molecule has 0 aliphatic rings. The van der Waals surface area contributed by atoms with E-state index in [0.29, 0.717) is 16.3 Å². The lowest BCUT2D eigenvalue weighted by Crippen LogP contribution is -2.04. The van der Waals surface area contributed by atoms with Crippen LogP contribution in [0.15, 0.2) is 47.0 Å². The van der Waals surface area contributed by atoms with E-state index in [1.165, 1.54) is 0 Å². The number of furan rings is 1. The molecule has 0 aliphatic carbocycles. The van der Waals surface area contributed by atoms with Crippen LogP contribution in [-0.4, -0.2) is 10.8 Å². The van der Waals surface area contributed by atoms with Gasteiger partial charge in [-0.05, 0) is 42.8 Å². The van der Waals surface area contributed by atoms with Gasteiger partial charge in [-0.2, -0.15) is 0 Å². The smallest absolute Gasteiger partial charge is 0.246 e. The summed E-state index contributed by atoms with van der Waals surface area (Å²) in [5, 5.41) is 1.42. The molecule has 0 spiro atoms. The molecule has 19 heavy (non-hydrogen) atoms. The molecule has 3 aromatic rings. The Hall–Kier alpha value is -2.13. The van der Waals surface area contributed by atoms with Crippen LogP contribution in [0, 0.1) is 6.92 Å². The SMILES string of the molecule is Cc1cccnc1C(=O)c1cc2cc(Cl)ccc2o1. The highest BCUT2D eigenvalue weighted by Gasteiger charge is 2.17. The zero-order chi connectivity index (χ0) is 13.4. The third-order valence-electron chi connectivity index (χ3n) is 2.93. The van der Waals surface area contributed by atoms with Gasteiger partial charge in [-0.25, -0.2) is 0 Å². The van der Waals surface area contributed by atoms with E-state index in [2.05, 4.69) is 4.98 Å². The molecule has 0 N–H and O–H groups in total. The third-order valence-corrected chi connectivity index (χ3v) is 3.16. The fourth-order valence-corrected chi connectivity index (χ4v) is 2.15. The first kappa shape index (κ1) is 11.9. The molecule has 0 radical (unpaired) electrons. The van der Waals surface area contributed by atoms with Gasteiger partial charge in [-0.3, -0.25) is 9.78 Å². The van der Waals surface area contributed by atoms with Crippen molar-refractivity contribution in [2.75, 3.05) is 0 Å². The van der Waals surface area contributed by atoms with E-state index in [9.17, 15) is 4.79 Å². The number of halogens is 1. The number of fused-ring (bicyclic) bond motifs is 1. The van der Waals surface area contributed by atoms with Crippen LogP contribution in [0.1, 0.15) is 21.8 Å². The predicted molar refractivity (Wildman–Crippen MR) is 73.6 cm³/mol. The lowest BCUT2D eigenvalue weighted by Gasteiger charge is -1.99. The first-order valence-corrected chi connectivity index (χ1v) is 6.18. The van der Waals surface area contributed by atoms with Crippen molar-refractivity contribution in [3.63, 3.8) is 0 Å². The fraction of sp³-hybridized carbons (Fsp3) is 0.0667. The van der Waals surface area contributed by atoms with Crippen LogP contribution < -0.4 is 0 Å². The van der Waals surface area contributed by atoms with Crippen molar-refractivity contribution in [2.24, 2.45) is 0 Å². The number of hydrogen-bond acceptors (Lipinski definition) is 3. The van der Waals surface area contributed by atoms with Crippen molar-refractivity contribution in [3.8, 4) is 0 Å². The second-order valence-electron chi connectivity index (χ2n) is 4.29. The number of carbonyl (C=O) groups excluding carboxylic acids is 1. The number of ketones is 1. The van der Waals surface area contributed by atoms with Gasteiger partial charge in [0, 0.05) is 16.6 Å². The van der Waals surface area contributed by atoms with Crippen molar-refractivity contribution in [2.45, 2.75) is 6.92 Å². The Morgan fingerprint density at radius 1 is 1.26 bits per heavy atom. The summed E-state index contributed by atoms with van der Waals surface area (Å²) < 4.78 is 5.55. The number of hydrogen-bond donors (Lipinski definition) is 0. The molecule has 0 saturated carbocycles. The molecule has 0 aliphatic heterocycles. The number of benzene rings is 1. The van der Waals surface area contributed by atoms with Gasteiger partial charge in [-0.15, -0.1) is 0 Å². The number of aromatic nitrogens is 1. The molecule has 0 saturated heterocycles. The molecular weight excluding hydrogens is 262 g/mol. The van der Waals surface area contributed by atoms with Crippen LogP contribution in [-0.2, 0) is 0 Å². The molecule has 3 rings (SSSR count). The van der Waals surface area contributed by atoms with E-state index in [0.717, 1.165) is 10.9 Å². The maximum Gasteiger partial charge on any atom is 0.246 e. The van der Waals surface area contributed by atoms with Crippen molar-refractivity contribution in [1.29, 1.82) is 0 Å². The van der Waals surface area contributed by atoms with Crippen LogP contribution in [0.5, 0.6) is 0 Å². The Balaban J connectivity index is 2.09. The van der Waals surface area contributed by atoms with Crippen LogP contribution in [0.2, 0.25) is 5.02 Å². The largest absolute Gasteiger partial charge is 0.453 e. The summed E-state index contributed by atoms with van der Waals surface area (Å²) in [6.45, 7) is 1.85. The van der Waals surface area contributed by atoms with Gasteiger partial charge in [0.15, 0.2) is 5.76 Å². The minimum atomic E-state index is -0.217. The fourth-order valence-electron chi connectivity index (χ4n) is 1.97. The Morgan fingerprint density at radius 3 is 2.89 bits per heavy atom. The van der Waals surface area contributed by atoms with Crippen molar-refractivity contribution in [3.05, 3.63) is 64.6 Å². The zero-order valence-corrected chi connectivity index (χ0v) is 10.9. The lowest BCUT2D eigenvalue weighted by molar-refractivity contribution is 0.101. The molecule has 2 heterocycles. The molecule has 0 amide bonds. The summed E-state index contributed by atoms with van der Waals surface area (Å²) in [5.41, 5.74) is 1.87. The van der Waals surface area contributed by atoms with E-state index in [4.69, 9.17) is 16.0 Å². The maximum absolute atomic E-state index is 12.3. The van der Waals surface area contributed by atoms with Gasteiger partial charge in [0.25, 0.3) is 0 Å². The topological polar surface area (TPSA) is 43.1 Å². The van der Waals surface area contributed by atoms with Crippen molar-refractivity contribution < 1.29 is 9.21 Å². The molecule has 94 valence electrons. The quantitative estimate of drug-likeness (QED) is 0.661. The first-order chi connectivity index (χ1) is 9.15. The van der Waals surface area contributed by atoms with E-state index < -0.39 is 0 Å². The molecular formula is C15H10ClNO2. The molecule has 0 unspecified atom stereocenters. The normalized spacial score (nSPS) is 10.8. The highest BCUT2D eigenvalue weighted by Crippen LogP contribution is 2.24. The van der Waals surface area contributed by atoms with Gasteiger partial charge < -0.3 is 4.42 Å². The Labute approximate surface area is 114 Å². The van der Waals surface area contributed by atoms with Crippen LogP contribution in [0.4, 0.5) is 0 Å². The average molecular weight is 272 g/mol. The Morgan fingerprint density at radius 2 is 2.11 bits per heavy atom. The summed E-state index contributed by atoms with van der Waals surface area (Å²) in [4.78, 5) is 16.4. The van der Waals surface area contributed by atoms with E-state index >= 15 is 0 Å². The molecule has 2 aromatic heterocycles. The molecule has 4 heteroatoms. The second-order valence-corrected chi connectivity index (χ2v) is 4.73. The molecule has 0 bridgehead atoms. The number of pyridine rings is 1. The van der Waals surface area contributed by atoms with Crippen LogP contribution in [0.25, 0.3) is 11.0 Å². The van der Waals surface area contributed by atoms with Crippen LogP contribution >= 0.6 is 11.6 Å². The van der Waals surface area contributed by atoms with E-state index in [1.54, 1.807) is 36.5 Å². The Kier molecular flexibility index (Phi) is 2.84. The molecule has 1 aromatic carbocycles. The highest BCUT2D eigenvalue weighted by molar-refractivity contribution is 6.31. The second kappa shape index (κ2) is 4.52.